The first-order valence-corrected chi connectivity index (χ1v) is 5.37. The number of hydrogen-bond donors (Lipinski definition) is 1. The van der Waals surface area contributed by atoms with Crippen LogP contribution in [0.3, 0.4) is 0 Å². The van der Waals surface area contributed by atoms with Crippen molar-refractivity contribution >= 4 is 17.3 Å². The Morgan fingerprint density at radius 1 is 1.53 bits per heavy atom. The van der Waals surface area contributed by atoms with Crippen LogP contribution in [0.25, 0.3) is 0 Å². The Bertz CT molecular complexity index is 616. The molecule has 0 saturated carbocycles. The molecule has 0 aliphatic carbocycles. The number of anilines is 1. The lowest BCUT2D eigenvalue weighted by atomic mass is 10.2. The third kappa shape index (κ3) is 2.16. The first-order valence-electron chi connectivity index (χ1n) is 4.99. The van der Waals surface area contributed by atoms with E-state index in [9.17, 15) is 4.79 Å². The Balaban J connectivity index is 2.41. The second kappa shape index (κ2) is 4.21. The van der Waals surface area contributed by atoms with Crippen LogP contribution in [0.15, 0.2) is 17.1 Å². The van der Waals surface area contributed by atoms with Gasteiger partial charge in [0, 0.05) is 18.7 Å². The lowest BCUT2D eigenvalue weighted by molar-refractivity contribution is 0.638. The highest BCUT2D eigenvalue weighted by Gasteiger charge is 2.12. The summed E-state index contributed by atoms with van der Waals surface area (Å²) in [7, 11) is 1.75. The molecule has 0 atom stereocenters. The van der Waals surface area contributed by atoms with Gasteiger partial charge in [0.15, 0.2) is 0 Å². The SMILES string of the molecule is Cc1nn(C)c(Cl)c1Cn1ncc(N)cc1=O. The molecule has 2 aromatic rings. The van der Waals surface area contributed by atoms with Crippen molar-refractivity contribution in [1.82, 2.24) is 19.6 Å². The van der Waals surface area contributed by atoms with E-state index in [4.69, 9.17) is 17.3 Å². The fraction of sp³-hybridized carbons (Fsp3) is 0.300. The van der Waals surface area contributed by atoms with Crippen LogP contribution in [0.5, 0.6) is 0 Å². The average molecular weight is 254 g/mol. The van der Waals surface area contributed by atoms with Crippen molar-refractivity contribution in [2.24, 2.45) is 7.05 Å². The van der Waals surface area contributed by atoms with Crippen LogP contribution < -0.4 is 11.3 Å². The number of rotatable bonds is 2. The molecule has 17 heavy (non-hydrogen) atoms. The molecule has 0 saturated heterocycles. The number of halogens is 1. The second-order valence-corrected chi connectivity index (χ2v) is 4.12. The van der Waals surface area contributed by atoms with Crippen molar-refractivity contribution in [3.05, 3.63) is 39.0 Å². The van der Waals surface area contributed by atoms with Crippen LogP contribution in [-0.4, -0.2) is 19.6 Å². The number of nitrogens with zero attached hydrogens (tertiary/aromatic N) is 4. The first kappa shape index (κ1) is 11.7. The molecule has 0 radical (unpaired) electrons. The van der Waals surface area contributed by atoms with Crippen molar-refractivity contribution in [1.29, 1.82) is 0 Å². The summed E-state index contributed by atoms with van der Waals surface area (Å²) in [5, 5.41) is 8.63. The Hall–Kier alpha value is -1.82. The summed E-state index contributed by atoms with van der Waals surface area (Å²) in [5.41, 5.74) is 7.12. The smallest absolute Gasteiger partial charge is 0.269 e. The lowest BCUT2D eigenvalue weighted by Crippen LogP contribution is -2.23. The lowest BCUT2D eigenvalue weighted by Gasteiger charge is -2.04. The summed E-state index contributed by atoms with van der Waals surface area (Å²) in [4.78, 5) is 11.6. The highest BCUT2D eigenvalue weighted by molar-refractivity contribution is 6.30. The number of aromatic nitrogens is 4. The zero-order valence-electron chi connectivity index (χ0n) is 9.51. The summed E-state index contributed by atoms with van der Waals surface area (Å²) < 4.78 is 2.86. The molecule has 0 aromatic carbocycles. The van der Waals surface area contributed by atoms with Crippen LogP contribution in [0, 0.1) is 6.92 Å². The maximum Gasteiger partial charge on any atom is 0.269 e. The summed E-state index contributed by atoms with van der Waals surface area (Å²) in [5.74, 6) is 0. The molecular weight excluding hydrogens is 242 g/mol. The van der Waals surface area contributed by atoms with Gasteiger partial charge in [0.2, 0.25) is 0 Å². The number of aryl methyl sites for hydroxylation is 2. The molecule has 0 aliphatic heterocycles. The third-order valence-electron chi connectivity index (χ3n) is 2.47. The highest BCUT2D eigenvalue weighted by atomic mass is 35.5. The van der Waals surface area contributed by atoms with E-state index in [0.717, 1.165) is 11.3 Å². The van der Waals surface area contributed by atoms with Gasteiger partial charge in [0.1, 0.15) is 5.15 Å². The van der Waals surface area contributed by atoms with Gasteiger partial charge in [-0.1, -0.05) is 11.6 Å². The number of nitrogen functional groups attached to an aromatic ring is 1. The maximum atomic E-state index is 11.6. The zero-order chi connectivity index (χ0) is 12.6. The Kier molecular flexibility index (Phi) is 2.89. The second-order valence-electron chi connectivity index (χ2n) is 3.76. The maximum absolute atomic E-state index is 11.6. The molecule has 7 heteroatoms. The molecule has 0 spiro atoms. The summed E-state index contributed by atoms with van der Waals surface area (Å²) >= 11 is 6.08. The van der Waals surface area contributed by atoms with Crippen LogP contribution in [-0.2, 0) is 13.6 Å². The number of hydrogen-bond acceptors (Lipinski definition) is 4. The molecule has 6 nitrogen and oxygen atoms in total. The molecule has 2 heterocycles. The molecule has 2 aromatic heterocycles. The molecular formula is C10H12ClN5O. The summed E-state index contributed by atoms with van der Waals surface area (Å²) in [6, 6.07) is 1.33. The van der Waals surface area contributed by atoms with Gasteiger partial charge in [-0.3, -0.25) is 9.48 Å². The Morgan fingerprint density at radius 3 is 2.76 bits per heavy atom. The molecule has 0 fully saturated rings. The molecule has 2 N–H and O–H groups in total. The van der Waals surface area contributed by atoms with E-state index in [-0.39, 0.29) is 12.1 Å². The highest BCUT2D eigenvalue weighted by Crippen LogP contribution is 2.18. The van der Waals surface area contributed by atoms with E-state index >= 15 is 0 Å². The topological polar surface area (TPSA) is 78.7 Å². The van der Waals surface area contributed by atoms with Gasteiger partial charge in [-0.2, -0.15) is 10.2 Å². The van der Waals surface area contributed by atoms with Crippen molar-refractivity contribution < 1.29 is 0 Å². The minimum Gasteiger partial charge on any atom is -0.397 e. The Labute approximate surface area is 103 Å². The monoisotopic (exact) mass is 253 g/mol. The van der Waals surface area contributed by atoms with Gasteiger partial charge >= 0.3 is 0 Å². The van der Waals surface area contributed by atoms with Gasteiger partial charge in [0.25, 0.3) is 5.56 Å². The molecule has 90 valence electrons. The molecule has 0 aliphatic rings. The van der Waals surface area contributed by atoms with E-state index < -0.39 is 0 Å². The predicted molar refractivity (Wildman–Crippen MR) is 65.0 cm³/mol. The standard InChI is InChI=1S/C10H12ClN5O/c1-6-8(10(11)15(2)14-6)5-16-9(17)3-7(12)4-13-16/h3-4H,5,12H2,1-2H3. The molecule has 0 unspecified atom stereocenters. The van der Waals surface area contributed by atoms with Crippen LogP contribution in [0.1, 0.15) is 11.3 Å². The van der Waals surface area contributed by atoms with Gasteiger partial charge in [-0.05, 0) is 6.92 Å². The minimum atomic E-state index is -0.260. The van der Waals surface area contributed by atoms with Gasteiger partial charge in [0.05, 0.1) is 24.1 Å². The average Bonchev–Trinajstić information content (AvgIpc) is 2.48. The van der Waals surface area contributed by atoms with Gasteiger partial charge < -0.3 is 5.73 Å². The van der Waals surface area contributed by atoms with Crippen LogP contribution in [0.4, 0.5) is 5.69 Å². The van der Waals surface area contributed by atoms with E-state index in [1.165, 1.54) is 16.9 Å². The van der Waals surface area contributed by atoms with Gasteiger partial charge in [-0.15, -0.1) is 0 Å². The van der Waals surface area contributed by atoms with Crippen molar-refractivity contribution in [3.8, 4) is 0 Å². The quantitative estimate of drug-likeness (QED) is 0.849. The van der Waals surface area contributed by atoms with Crippen LogP contribution in [0.2, 0.25) is 5.15 Å². The summed E-state index contributed by atoms with van der Waals surface area (Å²) in [6.07, 6.45) is 1.43. The zero-order valence-corrected chi connectivity index (χ0v) is 10.3. The minimum absolute atomic E-state index is 0.260. The summed E-state index contributed by atoms with van der Waals surface area (Å²) in [6.45, 7) is 2.13. The van der Waals surface area contributed by atoms with E-state index in [0.29, 0.717) is 10.8 Å². The van der Waals surface area contributed by atoms with E-state index in [1.54, 1.807) is 11.7 Å². The molecule has 2 rings (SSSR count). The largest absolute Gasteiger partial charge is 0.397 e. The Morgan fingerprint density at radius 2 is 2.24 bits per heavy atom. The fourth-order valence-corrected chi connectivity index (χ4v) is 1.80. The van der Waals surface area contributed by atoms with Crippen molar-refractivity contribution in [3.63, 3.8) is 0 Å². The van der Waals surface area contributed by atoms with Gasteiger partial charge in [-0.25, -0.2) is 4.68 Å². The molecule has 0 amide bonds. The van der Waals surface area contributed by atoms with Crippen molar-refractivity contribution in [2.45, 2.75) is 13.5 Å². The van der Waals surface area contributed by atoms with Crippen molar-refractivity contribution in [2.75, 3.05) is 5.73 Å². The third-order valence-corrected chi connectivity index (χ3v) is 2.94. The fourth-order valence-electron chi connectivity index (χ4n) is 1.57. The normalized spacial score (nSPS) is 10.8. The molecule has 0 bridgehead atoms. The predicted octanol–water partition coefficient (Wildman–Crippen LogP) is 0.569. The van der Waals surface area contributed by atoms with E-state index in [2.05, 4.69) is 10.2 Å². The van der Waals surface area contributed by atoms with Crippen LogP contribution >= 0.6 is 11.6 Å². The van der Waals surface area contributed by atoms with E-state index in [1.807, 2.05) is 6.92 Å². The number of nitrogens with two attached hydrogens (primary N) is 1. The first-order chi connectivity index (χ1) is 7.99.